The Morgan fingerprint density at radius 3 is 3.09 bits per heavy atom. The van der Waals surface area contributed by atoms with Crippen molar-refractivity contribution >= 4 is 11.6 Å². The molecule has 0 radical (unpaired) electrons. The standard InChI is InChI=1S/C17H14ClFN4/c18-16-21-9-12-10-23(7-6-20)17(8-14(12)22-16)5-4-11-2-1-3-13(19)15(11)17/h1-3,9H,4-5,7-8,10H2/t17-/m0/s1. The monoisotopic (exact) mass is 328 g/mol. The van der Waals surface area contributed by atoms with Crippen molar-refractivity contribution in [2.24, 2.45) is 0 Å². The zero-order valence-corrected chi connectivity index (χ0v) is 13.1. The Balaban J connectivity index is 1.89. The number of fused-ring (bicyclic) bond motifs is 3. The van der Waals surface area contributed by atoms with Crippen molar-refractivity contribution in [3.05, 3.63) is 57.9 Å². The van der Waals surface area contributed by atoms with Crippen LogP contribution in [-0.2, 0) is 24.9 Å². The van der Waals surface area contributed by atoms with Crippen molar-refractivity contribution in [2.45, 2.75) is 31.3 Å². The van der Waals surface area contributed by atoms with Gasteiger partial charge in [0.2, 0.25) is 5.28 Å². The van der Waals surface area contributed by atoms with E-state index in [4.69, 9.17) is 11.6 Å². The smallest absolute Gasteiger partial charge is 0.222 e. The first kappa shape index (κ1) is 14.6. The molecule has 0 amide bonds. The molecule has 1 aliphatic carbocycles. The molecule has 6 heteroatoms. The van der Waals surface area contributed by atoms with Gasteiger partial charge < -0.3 is 0 Å². The molecule has 0 bridgehead atoms. The van der Waals surface area contributed by atoms with Crippen molar-refractivity contribution in [3.63, 3.8) is 0 Å². The maximum atomic E-state index is 14.6. The van der Waals surface area contributed by atoms with Crippen LogP contribution < -0.4 is 0 Å². The lowest BCUT2D eigenvalue weighted by Crippen LogP contribution is -2.50. The Hall–Kier alpha value is -2.03. The van der Waals surface area contributed by atoms with Gasteiger partial charge in [0.25, 0.3) is 0 Å². The predicted molar refractivity (Wildman–Crippen MR) is 83.2 cm³/mol. The summed E-state index contributed by atoms with van der Waals surface area (Å²) in [5.74, 6) is -0.202. The van der Waals surface area contributed by atoms with Gasteiger partial charge in [-0.15, -0.1) is 0 Å². The van der Waals surface area contributed by atoms with Crippen LogP contribution in [0.1, 0.15) is 28.8 Å². The first-order valence-corrected chi connectivity index (χ1v) is 7.92. The average Bonchev–Trinajstić information content (AvgIpc) is 2.89. The van der Waals surface area contributed by atoms with Crippen LogP contribution in [0.5, 0.6) is 0 Å². The van der Waals surface area contributed by atoms with E-state index in [2.05, 4.69) is 20.9 Å². The normalized spacial score (nSPS) is 22.7. The third-order valence-corrected chi connectivity index (χ3v) is 5.17. The molecule has 0 saturated heterocycles. The van der Waals surface area contributed by atoms with Crippen molar-refractivity contribution in [1.82, 2.24) is 14.9 Å². The summed E-state index contributed by atoms with van der Waals surface area (Å²) < 4.78 is 14.6. The number of hydrogen-bond donors (Lipinski definition) is 0. The highest BCUT2D eigenvalue weighted by Gasteiger charge is 2.48. The van der Waals surface area contributed by atoms with E-state index < -0.39 is 5.54 Å². The van der Waals surface area contributed by atoms with Crippen molar-refractivity contribution < 1.29 is 4.39 Å². The Morgan fingerprint density at radius 1 is 1.39 bits per heavy atom. The van der Waals surface area contributed by atoms with Gasteiger partial charge in [0.15, 0.2) is 0 Å². The third-order valence-electron chi connectivity index (χ3n) is 4.99. The highest BCUT2D eigenvalue weighted by molar-refractivity contribution is 6.28. The molecule has 1 spiro atoms. The number of aryl methyl sites for hydroxylation is 1. The molecule has 2 aliphatic rings. The molecule has 4 rings (SSSR count). The highest BCUT2D eigenvalue weighted by Crippen LogP contribution is 2.48. The van der Waals surface area contributed by atoms with Gasteiger partial charge in [-0.3, -0.25) is 4.90 Å². The van der Waals surface area contributed by atoms with E-state index in [9.17, 15) is 9.65 Å². The van der Waals surface area contributed by atoms with E-state index in [1.807, 2.05) is 6.07 Å². The van der Waals surface area contributed by atoms with Crippen LogP contribution in [0.3, 0.4) is 0 Å². The number of aromatic nitrogens is 2. The fourth-order valence-electron chi connectivity index (χ4n) is 4.00. The van der Waals surface area contributed by atoms with Gasteiger partial charge >= 0.3 is 0 Å². The second kappa shape index (κ2) is 5.26. The van der Waals surface area contributed by atoms with Gasteiger partial charge in [-0.2, -0.15) is 5.26 Å². The lowest BCUT2D eigenvalue weighted by Gasteiger charge is -2.44. The highest BCUT2D eigenvalue weighted by atomic mass is 35.5. The molecule has 2 aromatic rings. The first-order chi connectivity index (χ1) is 11.1. The molecule has 23 heavy (non-hydrogen) atoms. The predicted octanol–water partition coefficient (Wildman–Crippen LogP) is 2.99. The van der Waals surface area contributed by atoms with Crippen molar-refractivity contribution in [2.75, 3.05) is 6.54 Å². The molecular weight excluding hydrogens is 315 g/mol. The molecule has 0 saturated carbocycles. The van der Waals surface area contributed by atoms with Gasteiger partial charge in [-0.05, 0) is 36.1 Å². The SMILES string of the molecule is N#CCN1Cc2cnc(Cl)nc2C[C@]12CCc1cccc(F)c12. The molecule has 0 fully saturated rings. The second-order valence-corrected chi connectivity index (χ2v) is 6.45. The van der Waals surface area contributed by atoms with Gasteiger partial charge in [0.05, 0.1) is 23.8 Å². The lowest BCUT2D eigenvalue weighted by atomic mass is 9.80. The minimum atomic E-state index is -0.513. The summed E-state index contributed by atoms with van der Waals surface area (Å²) in [4.78, 5) is 10.4. The van der Waals surface area contributed by atoms with Crippen molar-refractivity contribution in [3.8, 4) is 6.07 Å². The maximum Gasteiger partial charge on any atom is 0.222 e. The average molecular weight is 329 g/mol. The van der Waals surface area contributed by atoms with Crippen molar-refractivity contribution in [1.29, 1.82) is 5.26 Å². The number of nitriles is 1. The molecule has 1 atom stereocenters. The fourth-order valence-corrected chi connectivity index (χ4v) is 4.15. The number of rotatable bonds is 1. The second-order valence-electron chi connectivity index (χ2n) is 6.11. The van der Waals surface area contributed by atoms with E-state index in [-0.39, 0.29) is 17.6 Å². The summed E-state index contributed by atoms with van der Waals surface area (Å²) in [6, 6.07) is 7.44. The Kier molecular flexibility index (Phi) is 3.33. The molecule has 0 unspecified atom stereocenters. The largest absolute Gasteiger partial charge is 0.276 e. The zero-order valence-electron chi connectivity index (χ0n) is 12.4. The number of benzene rings is 1. The molecule has 1 aliphatic heterocycles. The molecule has 1 aromatic carbocycles. The molecular formula is C17H14ClFN4. The van der Waals surface area contributed by atoms with Crippen LogP contribution in [0.2, 0.25) is 5.28 Å². The summed E-state index contributed by atoms with van der Waals surface area (Å²) in [7, 11) is 0. The number of halogens is 2. The van der Waals surface area contributed by atoms with Gasteiger partial charge in [-0.25, -0.2) is 14.4 Å². The van der Waals surface area contributed by atoms with Gasteiger partial charge in [0, 0.05) is 30.3 Å². The van der Waals surface area contributed by atoms with Crippen LogP contribution in [0.4, 0.5) is 4.39 Å². The summed E-state index contributed by atoms with van der Waals surface area (Å²) in [5.41, 5.74) is 3.05. The summed E-state index contributed by atoms with van der Waals surface area (Å²) in [6.07, 6.45) is 3.86. The summed E-state index contributed by atoms with van der Waals surface area (Å²) in [5, 5.41) is 9.44. The number of nitrogens with zero attached hydrogens (tertiary/aromatic N) is 4. The lowest BCUT2D eigenvalue weighted by molar-refractivity contribution is 0.0739. The van der Waals surface area contributed by atoms with Gasteiger partial charge in [0.1, 0.15) is 5.82 Å². The summed E-state index contributed by atoms with van der Waals surface area (Å²) in [6.45, 7) is 0.781. The quantitative estimate of drug-likeness (QED) is 0.596. The zero-order chi connectivity index (χ0) is 16.0. The van der Waals surface area contributed by atoms with E-state index in [0.717, 1.165) is 35.2 Å². The molecule has 1 aromatic heterocycles. The van der Waals surface area contributed by atoms with E-state index in [0.29, 0.717) is 13.0 Å². The molecule has 2 heterocycles. The van der Waals surface area contributed by atoms with Crippen LogP contribution >= 0.6 is 11.6 Å². The minimum Gasteiger partial charge on any atom is -0.276 e. The van der Waals surface area contributed by atoms with Crippen LogP contribution in [0.15, 0.2) is 24.4 Å². The fraction of sp³-hybridized carbons (Fsp3) is 0.353. The molecule has 4 nitrogen and oxygen atoms in total. The topological polar surface area (TPSA) is 52.8 Å². The van der Waals surface area contributed by atoms with Crippen LogP contribution in [0.25, 0.3) is 0 Å². The minimum absolute atomic E-state index is 0.202. The Morgan fingerprint density at radius 2 is 2.26 bits per heavy atom. The number of hydrogen-bond acceptors (Lipinski definition) is 4. The molecule has 116 valence electrons. The van der Waals surface area contributed by atoms with E-state index >= 15 is 0 Å². The van der Waals surface area contributed by atoms with Crippen LogP contribution in [-0.4, -0.2) is 21.4 Å². The van der Waals surface area contributed by atoms with Crippen LogP contribution in [0, 0.1) is 17.1 Å². The van der Waals surface area contributed by atoms with E-state index in [1.165, 1.54) is 6.07 Å². The maximum absolute atomic E-state index is 14.6. The molecule has 0 N–H and O–H groups in total. The Labute approximate surface area is 138 Å². The first-order valence-electron chi connectivity index (χ1n) is 7.54. The Bertz CT molecular complexity index is 832. The van der Waals surface area contributed by atoms with Gasteiger partial charge in [-0.1, -0.05) is 12.1 Å². The third kappa shape index (κ3) is 2.13. The summed E-state index contributed by atoms with van der Waals surface area (Å²) >= 11 is 5.94. The van der Waals surface area contributed by atoms with E-state index in [1.54, 1.807) is 12.3 Å².